The molecule has 1 aromatic carbocycles. The third-order valence-electron chi connectivity index (χ3n) is 2.35. The summed E-state index contributed by atoms with van der Waals surface area (Å²) >= 11 is 10.0. The van der Waals surface area contributed by atoms with Crippen molar-refractivity contribution in [3.8, 4) is 5.75 Å². The van der Waals surface area contributed by atoms with Crippen molar-refractivity contribution in [2.45, 2.75) is 11.1 Å². The lowest BCUT2D eigenvalue weighted by atomic mass is 10.2. The number of halogens is 2. The van der Waals surface area contributed by atoms with Crippen LogP contribution < -0.4 is 4.72 Å². The molecule has 0 aliphatic heterocycles. The number of aromatic hydroxyl groups is 1. The van der Waals surface area contributed by atoms with Crippen LogP contribution in [0.5, 0.6) is 5.75 Å². The van der Waals surface area contributed by atoms with Gasteiger partial charge in [0.05, 0.1) is 14.5 Å². The fourth-order valence-corrected chi connectivity index (χ4v) is 4.79. The minimum Gasteiger partial charge on any atom is -0.508 e. The molecule has 0 unspecified atom stereocenters. The summed E-state index contributed by atoms with van der Waals surface area (Å²) < 4.78 is 27.2. The Bertz CT molecular complexity index is 708. The number of phenols is 1. The second-order valence-electron chi connectivity index (χ2n) is 3.79. The van der Waals surface area contributed by atoms with E-state index >= 15 is 0 Å². The summed E-state index contributed by atoms with van der Waals surface area (Å²) in [5.41, 5.74) is 0.966. The number of hydrogen-bond acceptors (Lipinski definition) is 4. The van der Waals surface area contributed by atoms with Crippen LogP contribution in [-0.4, -0.2) is 13.5 Å². The highest BCUT2D eigenvalue weighted by Gasteiger charge is 2.19. The first kappa shape index (κ1) is 14.6. The van der Waals surface area contributed by atoms with E-state index in [1.54, 1.807) is 19.1 Å². The number of phenolic OH excluding ortho intramolecular Hbond substituents is 1. The Hall–Kier alpha value is -0.760. The smallest absolute Gasteiger partial charge is 0.271 e. The molecule has 1 heterocycles. The number of thiophene rings is 1. The Labute approximate surface area is 128 Å². The van der Waals surface area contributed by atoms with Crippen LogP contribution in [-0.2, 0) is 10.0 Å². The van der Waals surface area contributed by atoms with Crippen LogP contribution in [0.3, 0.4) is 0 Å². The highest BCUT2D eigenvalue weighted by molar-refractivity contribution is 9.11. The van der Waals surface area contributed by atoms with E-state index in [9.17, 15) is 13.5 Å². The number of sulfonamides is 1. The summed E-state index contributed by atoms with van der Waals surface area (Å²) in [6.45, 7) is 1.73. The van der Waals surface area contributed by atoms with Crippen LogP contribution in [0.15, 0.2) is 32.3 Å². The Morgan fingerprint density at radius 3 is 2.58 bits per heavy atom. The molecule has 0 saturated carbocycles. The largest absolute Gasteiger partial charge is 0.508 e. The van der Waals surface area contributed by atoms with Gasteiger partial charge in [0.2, 0.25) is 0 Å². The van der Waals surface area contributed by atoms with E-state index in [-0.39, 0.29) is 9.96 Å². The molecule has 8 heteroatoms. The van der Waals surface area contributed by atoms with Crippen molar-refractivity contribution >= 4 is 54.6 Å². The monoisotopic (exact) mass is 381 g/mol. The first-order valence-electron chi connectivity index (χ1n) is 5.07. The average molecular weight is 383 g/mol. The molecule has 19 heavy (non-hydrogen) atoms. The van der Waals surface area contributed by atoms with Crippen LogP contribution in [0.4, 0.5) is 5.69 Å². The number of aryl methyl sites for hydroxylation is 1. The lowest BCUT2D eigenvalue weighted by Gasteiger charge is -2.07. The summed E-state index contributed by atoms with van der Waals surface area (Å²) in [5, 5.41) is 9.90. The fraction of sp³-hybridized carbons (Fsp3) is 0.0909. The van der Waals surface area contributed by atoms with Gasteiger partial charge >= 0.3 is 0 Å². The summed E-state index contributed by atoms with van der Waals surface area (Å²) in [5.74, 6) is 0.0330. The van der Waals surface area contributed by atoms with Crippen LogP contribution in [0.1, 0.15) is 5.56 Å². The zero-order valence-corrected chi connectivity index (χ0v) is 13.6. The van der Waals surface area contributed by atoms with Crippen molar-refractivity contribution in [3.63, 3.8) is 0 Å². The van der Waals surface area contributed by atoms with Gasteiger partial charge in [-0.15, -0.1) is 11.3 Å². The average Bonchev–Trinajstić information content (AvgIpc) is 2.65. The van der Waals surface area contributed by atoms with Gasteiger partial charge in [-0.25, -0.2) is 8.42 Å². The number of hydrogen-bond donors (Lipinski definition) is 2. The number of nitrogens with one attached hydrogen (secondary N) is 1. The zero-order chi connectivity index (χ0) is 14.2. The first-order chi connectivity index (χ1) is 8.79. The van der Waals surface area contributed by atoms with Gasteiger partial charge in [0.15, 0.2) is 0 Å². The zero-order valence-electron chi connectivity index (χ0n) is 9.65. The Balaban J connectivity index is 2.33. The van der Waals surface area contributed by atoms with Gasteiger partial charge < -0.3 is 5.11 Å². The Kier molecular flexibility index (Phi) is 4.10. The van der Waals surface area contributed by atoms with Crippen LogP contribution in [0.2, 0.25) is 5.02 Å². The molecule has 0 spiro atoms. The molecule has 0 aliphatic rings. The first-order valence-corrected chi connectivity index (χ1v) is 8.54. The van der Waals surface area contributed by atoms with E-state index in [4.69, 9.17) is 11.6 Å². The van der Waals surface area contributed by atoms with Gasteiger partial charge in [-0.2, -0.15) is 0 Å². The normalized spacial score (nSPS) is 11.5. The lowest BCUT2D eigenvalue weighted by Crippen LogP contribution is -2.11. The van der Waals surface area contributed by atoms with Gasteiger partial charge in [-0.3, -0.25) is 4.72 Å². The lowest BCUT2D eigenvalue weighted by molar-refractivity contribution is 0.471. The number of benzene rings is 1. The van der Waals surface area contributed by atoms with E-state index in [0.717, 1.165) is 11.3 Å². The standard InChI is InChI=1S/C11H9BrClNO3S2/c1-6-2-3-7(4-9(6)15)14-19(16,17)10-5-8(13)11(12)18-10/h2-5,14-15H,1H3. The van der Waals surface area contributed by atoms with Crippen molar-refractivity contribution in [1.29, 1.82) is 0 Å². The molecule has 0 saturated heterocycles. The summed E-state index contributed by atoms with van der Waals surface area (Å²) in [4.78, 5) is 0. The van der Waals surface area contributed by atoms with E-state index in [2.05, 4.69) is 20.7 Å². The summed E-state index contributed by atoms with van der Waals surface area (Å²) in [7, 11) is -3.70. The van der Waals surface area contributed by atoms with Crippen LogP contribution >= 0.6 is 38.9 Å². The number of anilines is 1. The molecule has 0 aliphatic carbocycles. The van der Waals surface area contributed by atoms with Gasteiger partial charge in [-0.05, 0) is 40.5 Å². The van der Waals surface area contributed by atoms with Gasteiger partial charge in [-0.1, -0.05) is 17.7 Å². The molecule has 2 N–H and O–H groups in total. The molecule has 2 aromatic rings. The molecule has 0 atom stereocenters. The Morgan fingerprint density at radius 1 is 1.37 bits per heavy atom. The molecule has 2 rings (SSSR count). The van der Waals surface area contributed by atoms with Gasteiger partial charge in [0, 0.05) is 6.07 Å². The second kappa shape index (κ2) is 5.32. The SMILES string of the molecule is Cc1ccc(NS(=O)(=O)c2cc(Cl)c(Br)s2)cc1O. The van der Waals surface area contributed by atoms with Crippen LogP contribution in [0, 0.1) is 6.92 Å². The third kappa shape index (κ3) is 3.22. The Morgan fingerprint density at radius 2 is 2.05 bits per heavy atom. The van der Waals surface area contributed by atoms with E-state index < -0.39 is 10.0 Å². The maximum Gasteiger partial charge on any atom is 0.271 e. The summed E-state index contributed by atoms with van der Waals surface area (Å²) in [6.07, 6.45) is 0. The molecule has 102 valence electrons. The molecule has 0 bridgehead atoms. The predicted molar refractivity (Wildman–Crippen MR) is 80.7 cm³/mol. The fourth-order valence-electron chi connectivity index (χ4n) is 1.34. The van der Waals surface area contributed by atoms with Gasteiger partial charge in [0.1, 0.15) is 9.96 Å². The highest BCUT2D eigenvalue weighted by atomic mass is 79.9. The highest BCUT2D eigenvalue weighted by Crippen LogP contribution is 2.35. The maximum absolute atomic E-state index is 12.1. The third-order valence-corrected chi connectivity index (χ3v) is 6.68. The number of rotatable bonds is 3. The molecular formula is C11H9BrClNO3S2. The molecular weight excluding hydrogens is 374 g/mol. The molecule has 4 nitrogen and oxygen atoms in total. The minimum atomic E-state index is -3.70. The summed E-state index contributed by atoms with van der Waals surface area (Å²) in [6, 6.07) is 5.94. The maximum atomic E-state index is 12.1. The van der Waals surface area contributed by atoms with Crippen molar-refractivity contribution in [2.24, 2.45) is 0 Å². The van der Waals surface area contributed by atoms with Crippen molar-refractivity contribution in [3.05, 3.63) is 38.6 Å². The topological polar surface area (TPSA) is 66.4 Å². The van der Waals surface area contributed by atoms with E-state index in [1.165, 1.54) is 12.1 Å². The molecule has 1 aromatic heterocycles. The predicted octanol–water partition coefficient (Wildman–Crippen LogP) is 3.98. The van der Waals surface area contributed by atoms with Crippen molar-refractivity contribution < 1.29 is 13.5 Å². The van der Waals surface area contributed by atoms with E-state index in [1.807, 2.05) is 0 Å². The minimum absolute atomic E-state index is 0.0330. The van der Waals surface area contributed by atoms with Crippen molar-refractivity contribution in [2.75, 3.05) is 4.72 Å². The molecule has 0 amide bonds. The molecule has 0 fully saturated rings. The molecule has 0 radical (unpaired) electrons. The quantitative estimate of drug-likeness (QED) is 0.844. The van der Waals surface area contributed by atoms with Crippen molar-refractivity contribution in [1.82, 2.24) is 0 Å². The van der Waals surface area contributed by atoms with Crippen LogP contribution in [0.25, 0.3) is 0 Å². The van der Waals surface area contributed by atoms with E-state index in [0.29, 0.717) is 20.1 Å². The second-order valence-corrected chi connectivity index (χ2v) is 8.48. The van der Waals surface area contributed by atoms with Gasteiger partial charge in [0.25, 0.3) is 10.0 Å².